The van der Waals surface area contributed by atoms with Crippen LogP contribution in [-0.4, -0.2) is 25.7 Å². The number of hydrogen-bond acceptors (Lipinski definition) is 5. The SMILES string of the molecule is Cc1cc(C)n(CC(=O)N(Cc2ccccn2)c2nc3c(C)ccc(Cl)c3s2)n1. The number of pyridine rings is 1. The van der Waals surface area contributed by atoms with Gasteiger partial charge >= 0.3 is 0 Å². The van der Waals surface area contributed by atoms with Crippen LogP contribution in [0.4, 0.5) is 5.13 Å². The summed E-state index contributed by atoms with van der Waals surface area (Å²) in [6.07, 6.45) is 1.72. The number of aryl methyl sites for hydroxylation is 3. The number of rotatable bonds is 5. The smallest absolute Gasteiger partial charge is 0.250 e. The van der Waals surface area contributed by atoms with Crippen molar-refractivity contribution in [3.05, 3.63) is 70.3 Å². The van der Waals surface area contributed by atoms with Crippen LogP contribution in [0.3, 0.4) is 0 Å². The maximum absolute atomic E-state index is 13.3. The highest BCUT2D eigenvalue weighted by Crippen LogP contribution is 2.36. The normalized spacial score (nSPS) is 11.2. The average Bonchev–Trinajstić information content (AvgIpc) is 3.28. The van der Waals surface area contributed by atoms with Crippen LogP contribution in [-0.2, 0) is 17.9 Å². The number of carbonyl (C=O) groups is 1. The van der Waals surface area contributed by atoms with Crippen molar-refractivity contribution in [2.24, 2.45) is 0 Å². The number of nitrogens with zero attached hydrogens (tertiary/aromatic N) is 5. The predicted molar refractivity (Wildman–Crippen MR) is 116 cm³/mol. The molecule has 0 aliphatic heterocycles. The van der Waals surface area contributed by atoms with Gasteiger partial charge in [-0.1, -0.05) is 35.1 Å². The summed E-state index contributed by atoms with van der Waals surface area (Å²) in [6.45, 7) is 6.31. The molecule has 1 aromatic carbocycles. The molecule has 0 aliphatic carbocycles. The molecule has 29 heavy (non-hydrogen) atoms. The number of aromatic nitrogens is 4. The van der Waals surface area contributed by atoms with E-state index in [4.69, 9.17) is 16.6 Å². The van der Waals surface area contributed by atoms with Gasteiger partial charge in [0.25, 0.3) is 5.91 Å². The first kappa shape index (κ1) is 19.5. The molecule has 0 aliphatic rings. The van der Waals surface area contributed by atoms with Crippen molar-refractivity contribution >= 4 is 44.2 Å². The van der Waals surface area contributed by atoms with Crippen LogP contribution < -0.4 is 4.90 Å². The number of fused-ring (bicyclic) bond motifs is 1. The van der Waals surface area contributed by atoms with Gasteiger partial charge in [0.05, 0.1) is 33.2 Å². The Morgan fingerprint density at radius 3 is 2.69 bits per heavy atom. The number of halogens is 1. The van der Waals surface area contributed by atoms with Gasteiger partial charge in [0.15, 0.2) is 5.13 Å². The molecule has 148 valence electrons. The van der Waals surface area contributed by atoms with Crippen molar-refractivity contribution < 1.29 is 4.79 Å². The number of thiazole rings is 1. The summed E-state index contributed by atoms with van der Waals surface area (Å²) in [7, 11) is 0. The fraction of sp³-hybridized carbons (Fsp3) is 0.238. The number of hydrogen-bond donors (Lipinski definition) is 0. The molecule has 3 heterocycles. The molecule has 4 aromatic rings. The molecule has 0 saturated carbocycles. The van der Waals surface area contributed by atoms with E-state index in [0.29, 0.717) is 16.7 Å². The van der Waals surface area contributed by atoms with E-state index in [2.05, 4.69) is 10.1 Å². The van der Waals surface area contributed by atoms with Crippen LogP contribution in [0.2, 0.25) is 5.02 Å². The van der Waals surface area contributed by atoms with Crippen LogP contribution in [0.15, 0.2) is 42.6 Å². The van der Waals surface area contributed by atoms with Gasteiger partial charge in [-0.3, -0.25) is 19.4 Å². The highest BCUT2D eigenvalue weighted by atomic mass is 35.5. The van der Waals surface area contributed by atoms with Crippen LogP contribution in [0.25, 0.3) is 10.2 Å². The number of carbonyl (C=O) groups excluding carboxylic acids is 1. The highest BCUT2D eigenvalue weighted by molar-refractivity contribution is 7.23. The number of amides is 1. The summed E-state index contributed by atoms with van der Waals surface area (Å²) in [5.41, 5.74) is 4.46. The summed E-state index contributed by atoms with van der Waals surface area (Å²) < 4.78 is 2.60. The molecule has 0 fully saturated rings. The minimum absolute atomic E-state index is 0.102. The lowest BCUT2D eigenvalue weighted by molar-refractivity contribution is -0.119. The Morgan fingerprint density at radius 2 is 2.03 bits per heavy atom. The average molecular weight is 426 g/mol. The second kappa shape index (κ2) is 7.93. The summed E-state index contributed by atoms with van der Waals surface area (Å²) in [4.78, 5) is 24.1. The first-order chi connectivity index (χ1) is 13.9. The van der Waals surface area contributed by atoms with Gasteiger partial charge in [0.1, 0.15) is 6.54 Å². The maximum Gasteiger partial charge on any atom is 0.250 e. The monoisotopic (exact) mass is 425 g/mol. The quantitative estimate of drug-likeness (QED) is 0.465. The molecular formula is C21H20ClN5OS. The Labute approximate surface area is 177 Å². The standard InChI is InChI=1S/C21H20ClN5OS/c1-13-7-8-17(22)20-19(13)24-21(29-20)26(11-16-6-4-5-9-23-16)18(28)12-27-15(3)10-14(2)25-27/h4-10H,11-12H2,1-3H3. The molecule has 0 atom stereocenters. The number of anilines is 1. The van der Waals surface area contributed by atoms with E-state index in [1.807, 2.05) is 57.2 Å². The van der Waals surface area contributed by atoms with Crippen LogP contribution in [0, 0.1) is 20.8 Å². The first-order valence-corrected chi connectivity index (χ1v) is 10.4. The predicted octanol–water partition coefficient (Wildman–Crippen LogP) is 4.70. The molecule has 8 heteroatoms. The van der Waals surface area contributed by atoms with Gasteiger partial charge in [0, 0.05) is 11.9 Å². The molecule has 0 radical (unpaired) electrons. The van der Waals surface area contributed by atoms with Crippen molar-refractivity contribution in [3.63, 3.8) is 0 Å². The van der Waals surface area contributed by atoms with Gasteiger partial charge in [0.2, 0.25) is 0 Å². The van der Waals surface area contributed by atoms with Gasteiger partial charge < -0.3 is 0 Å². The summed E-state index contributed by atoms with van der Waals surface area (Å²) in [6, 6.07) is 11.4. The maximum atomic E-state index is 13.3. The summed E-state index contributed by atoms with van der Waals surface area (Å²) in [5.74, 6) is -0.102. The van der Waals surface area contributed by atoms with Crippen LogP contribution in [0.1, 0.15) is 22.6 Å². The topological polar surface area (TPSA) is 63.9 Å². The third kappa shape index (κ3) is 4.02. The lowest BCUT2D eigenvalue weighted by atomic mass is 10.2. The largest absolute Gasteiger partial charge is 0.280 e. The Kier molecular flexibility index (Phi) is 5.34. The van der Waals surface area contributed by atoms with Crippen molar-refractivity contribution in [2.45, 2.75) is 33.9 Å². The van der Waals surface area contributed by atoms with E-state index < -0.39 is 0 Å². The summed E-state index contributed by atoms with van der Waals surface area (Å²) >= 11 is 7.80. The van der Waals surface area contributed by atoms with Gasteiger partial charge in [-0.25, -0.2) is 4.98 Å². The lowest BCUT2D eigenvalue weighted by Gasteiger charge is -2.20. The van der Waals surface area contributed by atoms with Gasteiger partial charge in [-0.15, -0.1) is 0 Å². The zero-order chi connectivity index (χ0) is 20.5. The molecule has 0 bridgehead atoms. The van der Waals surface area contributed by atoms with Crippen molar-refractivity contribution in [1.29, 1.82) is 0 Å². The Morgan fingerprint density at radius 1 is 1.21 bits per heavy atom. The second-order valence-electron chi connectivity index (χ2n) is 6.92. The van der Waals surface area contributed by atoms with Crippen molar-refractivity contribution in [2.75, 3.05) is 4.90 Å². The van der Waals surface area contributed by atoms with Crippen LogP contribution in [0.5, 0.6) is 0 Å². The van der Waals surface area contributed by atoms with E-state index in [9.17, 15) is 4.79 Å². The van der Waals surface area contributed by atoms with Gasteiger partial charge in [-0.05, 0) is 50.6 Å². The Bertz CT molecular complexity index is 1150. The zero-order valence-corrected chi connectivity index (χ0v) is 18.0. The minimum atomic E-state index is -0.102. The highest BCUT2D eigenvalue weighted by Gasteiger charge is 2.23. The fourth-order valence-corrected chi connectivity index (χ4v) is 4.50. The third-order valence-corrected chi connectivity index (χ3v) is 6.19. The molecule has 1 amide bonds. The van der Waals surface area contributed by atoms with E-state index >= 15 is 0 Å². The molecule has 0 saturated heterocycles. The molecule has 0 spiro atoms. The molecule has 4 rings (SSSR count). The first-order valence-electron chi connectivity index (χ1n) is 9.19. The number of benzene rings is 1. The molecule has 6 nitrogen and oxygen atoms in total. The lowest BCUT2D eigenvalue weighted by Crippen LogP contribution is -2.34. The molecular weight excluding hydrogens is 406 g/mol. The Hall–Kier alpha value is -2.77. The van der Waals surface area contributed by atoms with Crippen molar-refractivity contribution in [1.82, 2.24) is 19.7 Å². The van der Waals surface area contributed by atoms with E-state index in [-0.39, 0.29) is 12.5 Å². The summed E-state index contributed by atoms with van der Waals surface area (Å²) in [5, 5.41) is 5.66. The van der Waals surface area contributed by atoms with E-state index in [1.54, 1.807) is 15.8 Å². The van der Waals surface area contributed by atoms with E-state index in [0.717, 1.165) is 32.9 Å². The minimum Gasteiger partial charge on any atom is -0.280 e. The Balaban J connectivity index is 1.74. The van der Waals surface area contributed by atoms with Crippen molar-refractivity contribution in [3.8, 4) is 0 Å². The third-order valence-electron chi connectivity index (χ3n) is 4.65. The molecule has 0 unspecified atom stereocenters. The second-order valence-corrected chi connectivity index (χ2v) is 8.31. The molecule has 0 N–H and O–H groups in total. The van der Waals surface area contributed by atoms with Crippen LogP contribution >= 0.6 is 22.9 Å². The molecule has 3 aromatic heterocycles. The fourth-order valence-electron chi connectivity index (χ4n) is 3.17. The van der Waals surface area contributed by atoms with E-state index in [1.165, 1.54) is 11.3 Å². The zero-order valence-electron chi connectivity index (χ0n) is 16.4. The van der Waals surface area contributed by atoms with Gasteiger partial charge in [-0.2, -0.15) is 5.10 Å².